The van der Waals surface area contributed by atoms with Crippen LogP contribution in [0.1, 0.15) is 87.5 Å². The summed E-state index contributed by atoms with van der Waals surface area (Å²) in [5, 5.41) is 14.4. The zero-order valence-electron chi connectivity index (χ0n) is 30.1. The van der Waals surface area contributed by atoms with Crippen LogP contribution < -0.4 is 5.73 Å². The lowest BCUT2D eigenvalue weighted by atomic mass is 9.73. The molecule has 3 rings (SSSR count). The van der Waals surface area contributed by atoms with Gasteiger partial charge in [0.25, 0.3) is 5.67 Å². The fourth-order valence-electron chi connectivity index (χ4n) is 7.77. The van der Waals surface area contributed by atoms with Crippen LogP contribution in [0.25, 0.3) is 10.4 Å². The van der Waals surface area contributed by atoms with Gasteiger partial charge >= 0.3 is 12.1 Å². The number of hydrogen-bond acceptors (Lipinski definition) is 12. The molecule has 0 aromatic rings. The van der Waals surface area contributed by atoms with E-state index in [2.05, 4.69) is 10.0 Å². The van der Waals surface area contributed by atoms with E-state index in [-0.39, 0.29) is 31.7 Å². The number of Topliss-reactive ketones (excluding diaryl/α,β-unsaturated/α-hetero) is 2. The Morgan fingerprint density at radius 1 is 1.12 bits per heavy atom. The summed E-state index contributed by atoms with van der Waals surface area (Å²) in [4.78, 5) is 59.5. The number of hydrogen-bond donors (Lipinski definition) is 2. The highest BCUT2D eigenvalue weighted by atomic mass is 19.1. The molecule has 1 amide bonds. The summed E-state index contributed by atoms with van der Waals surface area (Å²) < 4.78 is 46.3. The van der Waals surface area contributed by atoms with Gasteiger partial charge in [-0.3, -0.25) is 9.59 Å². The van der Waals surface area contributed by atoms with Crippen molar-refractivity contribution in [3.8, 4) is 0 Å². The number of aliphatic hydroxyl groups is 1. The first kappa shape index (κ1) is 40.5. The fourth-order valence-corrected chi connectivity index (χ4v) is 7.77. The first-order valence-electron chi connectivity index (χ1n) is 17.1. The third-order valence-corrected chi connectivity index (χ3v) is 10.6. The van der Waals surface area contributed by atoms with E-state index in [4.69, 9.17) is 34.9 Å². The molecule has 0 aromatic heterocycles. The molecular formula is C33H54FN5O10. The number of halogens is 1. The minimum atomic E-state index is -3.19. The average Bonchev–Trinajstić information content (AvgIpc) is 3.31. The van der Waals surface area contributed by atoms with E-state index in [1.54, 1.807) is 41.5 Å². The van der Waals surface area contributed by atoms with Gasteiger partial charge in [-0.05, 0) is 65.3 Å². The first-order valence-corrected chi connectivity index (χ1v) is 17.1. The summed E-state index contributed by atoms with van der Waals surface area (Å²) >= 11 is 0. The maximum absolute atomic E-state index is 16.6. The highest BCUT2D eigenvalue weighted by Gasteiger charge is 2.61. The second-order valence-corrected chi connectivity index (χ2v) is 14.4. The van der Waals surface area contributed by atoms with Crippen molar-refractivity contribution >= 4 is 23.6 Å². The third-order valence-electron chi connectivity index (χ3n) is 10.6. The predicted molar refractivity (Wildman–Crippen MR) is 174 cm³/mol. The molecule has 3 aliphatic rings. The van der Waals surface area contributed by atoms with Crippen molar-refractivity contribution in [3.05, 3.63) is 10.4 Å². The predicted octanol–water partition coefficient (Wildman–Crippen LogP) is 3.77. The Kier molecular flexibility index (Phi) is 13.2. The Bertz CT molecular complexity index is 1280. The maximum Gasteiger partial charge on any atom is 0.410 e. The number of unbranched alkanes of at least 4 members (excludes halogenated alkanes) is 1. The summed E-state index contributed by atoms with van der Waals surface area (Å²) in [6.45, 7) is 12.4. The molecule has 0 saturated carbocycles. The maximum atomic E-state index is 16.6. The normalized spacial score (nSPS) is 42.5. The molecule has 3 saturated heterocycles. The van der Waals surface area contributed by atoms with Gasteiger partial charge in [-0.2, -0.15) is 0 Å². The van der Waals surface area contributed by atoms with Crippen LogP contribution in [0.15, 0.2) is 5.11 Å². The summed E-state index contributed by atoms with van der Waals surface area (Å²) in [5.41, 5.74) is 8.50. The van der Waals surface area contributed by atoms with Crippen LogP contribution in [0.3, 0.4) is 0 Å². The number of rotatable bonds is 9. The van der Waals surface area contributed by atoms with Crippen LogP contribution in [0.4, 0.5) is 9.18 Å². The zero-order valence-corrected chi connectivity index (χ0v) is 30.1. The summed E-state index contributed by atoms with van der Waals surface area (Å²) in [6.07, 6.45) is -5.11. The Labute approximate surface area is 287 Å². The summed E-state index contributed by atoms with van der Waals surface area (Å²) in [7, 11) is 1.36. The summed E-state index contributed by atoms with van der Waals surface area (Å²) in [6, 6.07) is -1.67. The lowest BCUT2D eigenvalue weighted by Crippen LogP contribution is -2.61. The molecule has 3 fully saturated rings. The minimum absolute atomic E-state index is 0.0333. The number of ether oxygens (including phenoxy) is 5. The topological polar surface area (TPSA) is 213 Å². The SMILES string of the molecule is CC[C@H]1OC(=O)[C@@](C)(F)C(=O)[C@H](C)[C@@H](O[C@@H]2O[C@H](C)CC(N)C2O)[C@](C)(OC)C[C@@H](C)C(=O)[C@H](C)[C@H]2N(CCCCN=[N+]=[N-])C(=O)O[C@]12C. The van der Waals surface area contributed by atoms with Crippen LogP contribution in [0.5, 0.6) is 0 Å². The van der Waals surface area contributed by atoms with Crippen LogP contribution in [0.2, 0.25) is 0 Å². The number of carbonyl (C=O) groups is 4. The van der Waals surface area contributed by atoms with Gasteiger partial charge in [0, 0.05) is 48.9 Å². The molecule has 15 nitrogen and oxygen atoms in total. The van der Waals surface area contributed by atoms with E-state index in [1.807, 2.05) is 0 Å². The van der Waals surface area contributed by atoms with E-state index in [0.717, 1.165) is 6.92 Å². The number of aliphatic hydroxyl groups excluding tert-OH is 1. The number of nitrogens with two attached hydrogens (primary N) is 1. The van der Waals surface area contributed by atoms with E-state index in [0.29, 0.717) is 19.3 Å². The highest BCUT2D eigenvalue weighted by Crippen LogP contribution is 2.43. The molecule has 0 aromatic carbocycles. The van der Waals surface area contributed by atoms with Gasteiger partial charge in [0.15, 0.2) is 17.7 Å². The Morgan fingerprint density at radius 3 is 2.37 bits per heavy atom. The zero-order chi connectivity index (χ0) is 37.1. The average molecular weight is 700 g/mol. The van der Waals surface area contributed by atoms with Crippen LogP contribution in [-0.4, -0.2) is 113 Å². The molecule has 0 bridgehead atoms. The molecule has 0 radical (unpaired) electrons. The Hall–Kier alpha value is -2.88. The van der Waals surface area contributed by atoms with Gasteiger partial charge in [0.2, 0.25) is 0 Å². The van der Waals surface area contributed by atoms with Crippen molar-refractivity contribution in [3.63, 3.8) is 0 Å². The first-order chi connectivity index (χ1) is 22.8. The number of nitrogens with zero attached hydrogens (tertiary/aromatic N) is 4. The number of methoxy groups -OCH3 is 1. The number of fused-ring (bicyclic) bond motifs is 1. The second kappa shape index (κ2) is 16.0. The van der Waals surface area contributed by atoms with E-state index < -0.39 is 95.3 Å². The third kappa shape index (κ3) is 8.20. The molecule has 3 aliphatic heterocycles. The number of amides is 1. The van der Waals surface area contributed by atoms with Gasteiger partial charge in [0.1, 0.15) is 18.0 Å². The second-order valence-electron chi connectivity index (χ2n) is 14.4. The van der Waals surface area contributed by atoms with Crippen molar-refractivity contribution in [2.24, 2.45) is 28.6 Å². The quantitative estimate of drug-likeness (QED) is 0.0883. The van der Waals surface area contributed by atoms with Gasteiger partial charge in [-0.1, -0.05) is 32.8 Å². The van der Waals surface area contributed by atoms with Gasteiger partial charge in [-0.25, -0.2) is 14.0 Å². The summed E-state index contributed by atoms with van der Waals surface area (Å²) in [5.74, 6) is -5.97. The molecule has 49 heavy (non-hydrogen) atoms. The van der Waals surface area contributed by atoms with E-state index >= 15 is 4.39 Å². The smallest absolute Gasteiger partial charge is 0.410 e. The van der Waals surface area contributed by atoms with Crippen LogP contribution in [0, 0.1) is 17.8 Å². The number of azide groups is 1. The van der Waals surface area contributed by atoms with Gasteiger partial charge in [0.05, 0.1) is 23.9 Å². The van der Waals surface area contributed by atoms with Crippen LogP contribution >= 0.6 is 0 Å². The largest absolute Gasteiger partial charge is 0.455 e. The lowest BCUT2D eigenvalue weighted by molar-refractivity contribution is -0.288. The number of cyclic esters (lactones) is 1. The van der Waals surface area contributed by atoms with Crippen molar-refractivity contribution in [2.45, 2.75) is 147 Å². The van der Waals surface area contributed by atoms with Gasteiger partial charge < -0.3 is 39.4 Å². The van der Waals surface area contributed by atoms with Crippen LogP contribution in [-0.2, 0) is 38.1 Å². The number of ketones is 2. The van der Waals surface area contributed by atoms with Crippen molar-refractivity contribution < 1.29 is 52.4 Å². The molecule has 2 unspecified atom stereocenters. The van der Waals surface area contributed by atoms with E-state index in [1.165, 1.54) is 18.9 Å². The van der Waals surface area contributed by atoms with E-state index in [9.17, 15) is 24.3 Å². The molecular weight excluding hydrogens is 645 g/mol. The molecule has 13 atom stereocenters. The molecule has 16 heteroatoms. The monoisotopic (exact) mass is 699 g/mol. The number of esters is 1. The standard InChI is InChI=1S/C33H54FN5O10/c1-10-22-33(8)25(39(30(44)49-33)14-12-11-13-37-38-36)19(4)23(40)17(2)16-31(6,45-9)27(20(5)26(42)32(7,34)29(43)47-22)48-28-24(41)21(35)15-18(3)46-28/h17-22,24-25,27-28,41H,10-16,35H2,1-9H3/t17-,18-,19+,20+,21?,22-,24?,25-,27-,28+,31-,32+,33-/m1/s1. The van der Waals surface area contributed by atoms with Crippen molar-refractivity contribution in [1.82, 2.24) is 4.90 Å². The number of alkyl halides is 1. The van der Waals surface area contributed by atoms with Crippen molar-refractivity contribution in [2.75, 3.05) is 20.2 Å². The Balaban J connectivity index is 2.14. The van der Waals surface area contributed by atoms with Gasteiger partial charge in [-0.15, -0.1) is 0 Å². The Morgan fingerprint density at radius 2 is 1.78 bits per heavy atom. The number of carbonyl (C=O) groups excluding carboxylic acids is 4. The fraction of sp³-hybridized carbons (Fsp3) is 0.879. The molecule has 0 spiro atoms. The highest BCUT2D eigenvalue weighted by molar-refractivity contribution is 6.07. The minimum Gasteiger partial charge on any atom is -0.455 e. The van der Waals surface area contributed by atoms with Crippen molar-refractivity contribution in [1.29, 1.82) is 0 Å². The lowest BCUT2D eigenvalue weighted by Gasteiger charge is -2.46. The molecule has 0 aliphatic carbocycles. The molecule has 3 heterocycles. The molecule has 278 valence electrons. The molecule has 3 N–H and O–H groups in total.